The molecule has 2 heterocycles. The molecule has 0 aromatic heterocycles. The largest absolute Gasteiger partial charge is 0.392 e. The van der Waals surface area contributed by atoms with Gasteiger partial charge in [-0.25, -0.2) is 8.42 Å². The van der Waals surface area contributed by atoms with E-state index in [-0.39, 0.29) is 36.1 Å². The lowest BCUT2D eigenvalue weighted by atomic mass is 10.1. The summed E-state index contributed by atoms with van der Waals surface area (Å²) < 4.78 is 22.8. The smallest absolute Gasteiger partial charge is 0.236 e. The molecule has 0 bridgehead atoms. The number of hydrogen-bond acceptors (Lipinski definition) is 5. The first-order valence-corrected chi connectivity index (χ1v) is 8.56. The summed E-state index contributed by atoms with van der Waals surface area (Å²) >= 11 is 0. The van der Waals surface area contributed by atoms with Crippen molar-refractivity contribution in [1.29, 1.82) is 0 Å². The molecule has 1 unspecified atom stereocenters. The van der Waals surface area contributed by atoms with E-state index < -0.39 is 9.84 Å². The molecular formula is C12H22N2O4S. The molecule has 19 heavy (non-hydrogen) atoms. The number of sulfone groups is 1. The van der Waals surface area contributed by atoms with E-state index in [0.717, 1.165) is 19.4 Å². The van der Waals surface area contributed by atoms with Gasteiger partial charge in [-0.15, -0.1) is 0 Å². The fourth-order valence-corrected chi connectivity index (χ4v) is 4.54. The summed E-state index contributed by atoms with van der Waals surface area (Å²) in [5, 5.41) is 9.57. The minimum absolute atomic E-state index is 0.0591. The van der Waals surface area contributed by atoms with Gasteiger partial charge in [0.1, 0.15) is 0 Å². The van der Waals surface area contributed by atoms with E-state index in [0.29, 0.717) is 13.0 Å². The van der Waals surface area contributed by atoms with Crippen LogP contribution in [0.1, 0.15) is 19.3 Å². The van der Waals surface area contributed by atoms with Gasteiger partial charge in [0.05, 0.1) is 24.2 Å². The first-order chi connectivity index (χ1) is 8.87. The second-order valence-corrected chi connectivity index (χ2v) is 7.82. The topological polar surface area (TPSA) is 77.9 Å². The summed E-state index contributed by atoms with van der Waals surface area (Å²) in [6, 6.07) is -0.188. The predicted molar refractivity (Wildman–Crippen MR) is 71.5 cm³/mol. The number of piperidine rings is 1. The molecule has 2 saturated heterocycles. The van der Waals surface area contributed by atoms with Crippen LogP contribution in [-0.4, -0.2) is 79.6 Å². The Kier molecular flexibility index (Phi) is 4.47. The van der Waals surface area contributed by atoms with Crippen LogP contribution in [0.25, 0.3) is 0 Å². The molecule has 7 heteroatoms. The van der Waals surface area contributed by atoms with E-state index >= 15 is 0 Å². The average Bonchev–Trinajstić information content (AvgIpc) is 2.68. The van der Waals surface area contributed by atoms with Crippen LogP contribution in [0.4, 0.5) is 0 Å². The zero-order valence-electron chi connectivity index (χ0n) is 11.3. The van der Waals surface area contributed by atoms with E-state index in [1.54, 1.807) is 11.9 Å². The van der Waals surface area contributed by atoms with Crippen LogP contribution in [0.2, 0.25) is 0 Å². The van der Waals surface area contributed by atoms with Gasteiger partial charge >= 0.3 is 0 Å². The average molecular weight is 290 g/mol. The van der Waals surface area contributed by atoms with Gasteiger partial charge in [-0.3, -0.25) is 9.69 Å². The van der Waals surface area contributed by atoms with Crippen LogP contribution in [0.15, 0.2) is 0 Å². The molecule has 1 amide bonds. The third kappa shape index (κ3) is 3.90. The number of aliphatic hydroxyl groups excluding tert-OH is 1. The van der Waals surface area contributed by atoms with E-state index in [4.69, 9.17) is 0 Å². The number of likely N-dealkylation sites (tertiary alicyclic amines) is 1. The van der Waals surface area contributed by atoms with Gasteiger partial charge in [-0.05, 0) is 25.8 Å². The molecule has 0 aromatic carbocycles. The number of carbonyl (C=O) groups excluding carboxylic acids is 1. The Labute approximate surface area is 114 Å². The molecule has 6 nitrogen and oxygen atoms in total. The fraction of sp³-hybridized carbons (Fsp3) is 0.917. The van der Waals surface area contributed by atoms with Gasteiger partial charge in [0.15, 0.2) is 9.84 Å². The van der Waals surface area contributed by atoms with Crippen molar-refractivity contribution in [1.82, 2.24) is 9.80 Å². The molecule has 0 spiro atoms. The molecule has 0 saturated carbocycles. The van der Waals surface area contributed by atoms with Crippen molar-refractivity contribution < 1.29 is 18.3 Å². The third-order valence-corrected chi connectivity index (χ3v) is 5.74. The number of likely N-dealkylation sites (N-methyl/N-ethyl adjacent to an activating group) is 1. The SMILES string of the molecule is CN(C(=O)CN1CCC[C@H](O)C1)C1CCS(=O)(=O)C1. The Hall–Kier alpha value is -0.660. The number of β-amino-alcohol motifs (C(OH)–C–C–N with tert-alkyl or cyclic N) is 1. The van der Waals surface area contributed by atoms with Gasteiger partial charge in [0.25, 0.3) is 0 Å². The zero-order valence-corrected chi connectivity index (χ0v) is 12.1. The summed E-state index contributed by atoms with van der Waals surface area (Å²) in [5.41, 5.74) is 0. The molecule has 0 aromatic rings. The van der Waals surface area contributed by atoms with Crippen LogP contribution < -0.4 is 0 Å². The van der Waals surface area contributed by atoms with Crippen LogP contribution in [0, 0.1) is 0 Å². The summed E-state index contributed by atoms with van der Waals surface area (Å²) in [6.45, 7) is 1.62. The first-order valence-electron chi connectivity index (χ1n) is 6.74. The maximum Gasteiger partial charge on any atom is 0.236 e. The Morgan fingerprint density at radius 1 is 1.42 bits per heavy atom. The Morgan fingerprint density at radius 2 is 2.16 bits per heavy atom. The second kappa shape index (κ2) is 5.76. The number of aliphatic hydroxyl groups is 1. The lowest BCUT2D eigenvalue weighted by Crippen LogP contribution is -2.47. The van der Waals surface area contributed by atoms with Gasteiger partial charge < -0.3 is 10.0 Å². The number of hydrogen-bond donors (Lipinski definition) is 1. The monoisotopic (exact) mass is 290 g/mol. The molecule has 2 aliphatic rings. The summed E-state index contributed by atoms with van der Waals surface area (Å²) in [7, 11) is -1.29. The van der Waals surface area contributed by atoms with Crippen molar-refractivity contribution in [3.05, 3.63) is 0 Å². The fourth-order valence-electron chi connectivity index (χ4n) is 2.76. The van der Waals surface area contributed by atoms with Crippen molar-refractivity contribution in [3.63, 3.8) is 0 Å². The highest BCUT2D eigenvalue weighted by molar-refractivity contribution is 7.91. The van der Waals surface area contributed by atoms with Crippen LogP contribution in [0.3, 0.4) is 0 Å². The third-order valence-electron chi connectivity index (χ3n) is 3.99. The van der Waals surface area contributed by atoms with E-state index in [1.165, 1.54) is 0 Å². The molecule has 0 aliphatic carbocycles. The molecule has 0 radical (unpaired) electrons. The van der Waals surface area contributed by atoms with Crippen LogP contribution in [-0.2, 0) is 14.6 Å². The number of carbonyl (C=O) groups is 1. The molecule has 2 atom stereocenters. The summed E-state index contributed by atoms with van der Waals surface area (Å²) in [6.07, 6.45) is 1.88. The molecule has 2 aliphatic heterocycles. The molecule has 2 rings (SSSR count). The van der Waals surface area contributed by atoms with E-state index in [9.17, 15) is 18.3 Å². The highest BCUT2D eigenvalue weighted by Crippen LogP contribution is 2.17. The standard InChI is InChI=1S/C12H22N2O4S/c1-13(10-4-6-19(17,18)9-10)12(16)8-14-5-2-3-11(15)7-14/h10-11,15H,2-9H2,1H3/t10?,11-/m0/s1. The second-order valence-electron chi connectivity index (χ2n) is 5.59. The number of rotatable bonds is 3. The molecule has 110 valence electrons. The lowest BCUT2D eigenvalue weighted by molar-refractivity contribution is -0.133. The minimum atomic E-state index is -2.96. The highest BCUT2D eigenvalue weighted by Gasteiger charge is 2.33. The number of nitrogens with zero attached hydrogens (tertiary/aromatic N) is 2. The summed E-state index contributed by atoms with van der Waals surface area (Å²) in [5.74, 6) is 0.200. The van der Waals surface area contributed by atoms with Crippen molar-refractivity contribution >= 4 is 15.7 Å². The quantitative estimate of drug-likeness (QED) is 0.728. The Balaban J connectivity index is 1.86. The summed E-state index contributed by atoms with van der Waals surface area (Å²) in [4.78, 5) is 15.6. The van der Waals surface area contributed by atoms with E-state index in [1.807, 2.05) is 4.90 Å². The van der Waals surface area contributed by atoms with Gasteiger partial charge in [0.2, 0.25) is 5.91 Å². The number of amides is 1. The minimum Gasteiger partial charge on any atom is -0.392 e. The van der Waals surface area contributed by atoms with Gasteiger partial charge in [-0.1, -0.05) is 0 Å². The van der Waals surface area contributed by atoms with Crippen molar-refractivity contribution in [3.8, 4) is 0 Å². The van der Waals surface area contributed by atoms with Gasteiger partial charge in [-0.2, -0.15) is 0 Å². The van der Waals surface area contributed by atoms with Gasteiger partial charge in [0, 0.05) is 19.6 Å². The molecule has 1 N–H and O–H groups in total. The highest BCUT2D eigenvalue weighted by atomic mass is 32.2. The Morgan fingerprint density at radius 3 is 2.74 bits per heavy atom. The molecular weight excluding hydrogens is 268 g/mol. The van der Waals surface area contributed by atoms with Crippen LogP contribution >= 0.6 is 0 Å². The predicted octanol–water partition coefficient (Wildman–Crippen LogP) is -0.911. The zero-order chi connectivity index (χ0) is 14.0. The van der Waals surface area contributed by atoms with Crippen molar-refractivity contribution in [2.75, 3.05) is 38.2 Å². The van der Waals surface area contributed by atoms with Crippen LogP contribution in [0.5, 0.6) is 0 Å². The maximum absolute atomic E-state index is 12.1. The maximum atomic E-state index is 12.1. The Bertz CT molecular complexity index is 437. The first kappa shape index (κ1) is 14.7. The molecule has 2 fully saturated rings. The lowest BCUT2D eigenvalue weighted by Gasteiger charge is -2.32. The normalized spacial score (nSPS) is 31.3. The van der Waals surface area contributed by atoms with Crippen molar-refractivity contribution in [2.24, 2.45) is 0 Å². The van der Waals surface area contributed by atoms with Crippen molar-refractivity contribution in [2.45, 2.75) is 31.4 Å². The van der Waals surface area contributed by atoms with E-state index in [2.05, 4.69) is 0 Å².